The molecule has 1 amide bonds. The highest BCUT2D eigenvalue weighted by Crippen LogP contribution is 2.38. The Bertz CT molecular complexity index is 762. The summed E-state index contributed by atoms with van der Waals surface area (Å²) < 4.78 is 11.7. The van der Waals surface area contributed by atoms with Gasteiger partial charge in [-0.25, -0.2) is 4.79 Å². The fourth-order valence-electron chi connectivity index (χ4n) is 3.68. The van der Waals surface area contributed by atoms with Crippen LogP contribution in [0.5, 0.6) is 0 Å². The van der Waals surface area contributed by atoms with Crippen molar-refractivity contribution >= 4 is 24.6 Å². The zero-order valence-corrected chi connectivity index (χ0v) is 19.0. The van der Waals surface area contributed by atoms with E-state index in [0.717, 1.165) is 12.6 Å². The van der Waals surface area contributed by atoms with Gasteiger partial charge in [-0.15, -0.1) is 0 Å². The first-order chi connectivity index (χ1) is 13.7. The van der Waals surface area contributed by atoms with Gasteiger partial charge in [0.15, 0.2) is 0 Å². The van der Waals surface area contributed by atoms with E-state index in [0.29, 0.717) is 6.61 Å². The molecule has 0 aromatic heterocycles. The summed E-state index contributed by atoms with van der Waals surface area (Å²) in [5.74, 6) is 0. The van der Waals surface area contributed by atoms with Gasteiger partial charge in [-0.3, -0.25) is 4.90 Å². The van der Waals surface area contributed by atoms with Crippen LogP contribution in [0, 0.1) is 0 Å². The van der Waals surface area contributed by atoms with Crippen LogP contribution in [0.15, 0.2) is 60.7 Å². The van der Waals surface area contributed by atoms with Gasteiger partial charge in [0.1, 0.15) is 11.3 Å². The van der Waals surface area contributed by atoms with Crippen LogP contribution < -0.4 is 10.6 Å². The number of carbonyl (C=O) groups is 1. The molecule has 0 unspecified atom stereocenters. The van der Waals surface area contributed by atoms with Gasteiger partial charge < -0.3 is 9.47 Å². The number of rotatable bonds is 5. The molecule has 2 aromatic carbocycles. The van der Waals surface area contributed by atoms with E-state index in [1.807, 2.05) is 34.6 Å². The van der Waals surface area contributed by atoms with Crippen molar-refractivity contribution < 1.29 is 14.3 Å². The Kier molecular flexibility index (Phi) is 6.65. The third-order valence-electron chi connectivity index (χ3n) is 4.99. The zero-order chi connectivity index (χ0) is 21.1. The van der Waals surface area contributed by atoms with Crippen LogP contribution >= 0.6 is 7.92 Å². The molecule has 156 valence electrons. The summed E-state index contributed by atoms with van der Waals surface area (Å²) in [5.41, 5.74) is -1.18. The van der Waals surface area contributed by atoms with Gasteiger partial charge >= 0.3 is 6.09 Å². The lowest BCUT2D eigenvalue weighted by Crippen LogP contribution is -2.50. The third-order valence-corrected chi connectivity index (χ3v) is 7.53. The maximum absolute atomic E-state index is 12.9. The van der Waals surface area contributed by atoms with Gasteiger partial charge in [0, 0.05) is 0 Å². The summed E-state index contributed by atoms with van der Waals surface area (Å²) in [6, 6.07) is 21.4. The van der Waals surface area contributed by atoms with Gasteiger partial charge in [0.05, 0.1) is 12.6 Å². The van der Waals surface area contributed by atoms with Crippen molar-refractivity contribution in [2.24, 2.45) is 0 Å². The summed E-state index contributed by atoms with van der Waals surface area (Å²) >= 11 is 0. The fourth-order valence-corrected chi connectivity index (χ4v) is 6.11. The molecule has 0 bridgehead atoms. The van der Waals surface area contributed by atoms with Gasteiger partial charge in [-0.1, -0.05) is 60.7 Å². The topological polar surface area (TPSA) is 38.8 Å². The lowest BCUT2D eigenvalue weighted by molar-refractivity contribution is -0.0625. The standard InChI is InChI=1S/C24H32NO3P/c1-23(2,3)28-22(26)25-19(18-27-24(25,4)5)16-17-29(20-12-8-6-9-13-20)21-14-10-7-11-15-21/h6-15,19H,16-18H2,1-5H3/t19-/m0/s1. The van der Waals surface area contributed by atoms with Gasteiger partial charge in [0.2, 0.25) is 0 Å². The number of hydrogen-bond acceptors (Lipinski definition) is 3. The first-order valence-corrected chi connectivity index (χ1v) is 11.7. The molecule has 1 atom stereocenters. The van der Waals surface area contributed by atoms with E-state index in [1.54, 1.807) is 4.90 Å². The Labute approximate surface area is 176 Å². The minimum atomic E-state index is -0.657. The van der Waals surface area contributed by atoms with Crippen molar-refractivity contribution in [2.45, 2.75) is 58.4 Å². The second-order valence-electron chi connectivity index (χ2n) is 8.87. The number of hydrogen-bond donors (Lipinski definition) is 0. The molecule has 2 aromatic rings. The lowest BCUT2D eigenvalue weighted by atomic mass is 10.1. The van der Waals surface area contributed by atoms with Gasteiger partial charge in [-0.05, 0) is 65.7 Å². The molecule has 0 aliphatic carbocycles. The molecule has 0 spiro atoms. The quantitative estimate of drug-likeness (QED) is 0.656. The second kappa shape index (κ2) is 8.85. The van der Waals surface area contributed by atoms with Crippen LogP contribution in [-0.4, -0.2) is 41.1 Å². The van der Waals surface area contributed by atoms with E-state index < -0.39 is 19.2 Å². The summed E-state index contributed by atoms with van der Waals surface area (Å²) in [7, 11) is -0.497. The predicted octanol–water partition coefficient (Wildman–Crippen LogP) is 4.88. The molecule has 5 heteroatoms. The van der Waals surface area contributed by atoms with Crippen molar-refractivity contribution in [3.63, 3.8) is 0 Å². The van der Waals surface area contributed by atoms with Crippen LogP contribution in [0.4, 0.5) is 4.79 Å². The van der Waals surface area contributed by atoms with Crippen LogP contribution in [0.25, 0.3) is 0 Å². The normalized spacial score (nSPS) is 18.8. The van der Waals surface area contributed by atoms with Crippen LogP contribution in [0.3, 0.4) is 0 Å². The molecule has 1 aliphatic rings. The lowest BCUT2D eigenvalue weighted by Gasteiger charge is -2.35. The molecule has 1 heterocycles. The largest absolute Gasteiger partial charge is 0.444 e. The molecule has 0 N–H and O–H groups in total. The average molecular weight is 413 g/mol. The zero-order valence-electron chi connectivity index (χ0n) is 18.1. The van der Waals surface area contributed by atoms with Crippen LogP contribution in [0.1, 0.15) is 41.0 Å². The Balaban J connectivity index is 1.78. The first kappa shape index (κ1) is 21.8. The minimum absolute atomic E-state index is 0.0114. The fraction of sp³-hybridized carbons (Fsp3) is 0.458. The predicted molar refractivity (Wildman–Crippen MR) is 120 cm³/mol. The van der Waals surface area contributed by atoms with Crippen molar-refractivity contribution in [3.8, 4) is 0 Å². The highest BCUT2D eigenvalue weighted by molar-refractivity contribution is 7.73. The second-order valence-corrected chi connectivity index (χ2v) is 11.2. The monoisotopic (exact) mass is 413 g/mol. The van der Waals surface area contributed by atoms with Crippen molar-refractivity contribution in [2.75, 3.05) is 12.8 Å². The summed E-state index contributed by atoms with van der Waals surface area (Å²) in [5, 5.41) is 2.71. The number of nitrogens with zero attached hydrogens (tertiary/aromatic N) is 1. The van der Waals surface area contributed by atoms with E-state index in [1.165, 1.54) is 10.6 Å². The number of ether oxygens (including phenoxy) is 2. The summed E-state index contributed by atoms with van der Waals surface area (Å²) in [4.78, 5) is 14.7. The Morgan fingerprint density at radius 3 is 2.07 bits per heavy atom. The molecule has 0 radical (unpaired) electrons. The van der Waals surface area contributed by atoms with E-state index in [9.17, 15) is 4.79 Å². The molecule has 3 rings (SSSR count). The molecule has 29 heavy (non-hydrogen) atoms. The molecular formula is C24H32NO3P. The Hall–Kier alpha value is -1.90. The van der Waals surface area contributed by atoms with E-state index in [-0.39, 0.29) is 12.1 Å². The first-order valence-electron chi connectivity index (χ1n) is 10.2. The maximum Gasteiger partial charge on any atom is 0.412 e. The highest BCUT2D eigenvalue weighted by atomic mass is 31.1. The SMILES string of the molecule is CC(C)(C)OC(=O)N1[C@@H](CCP(c2ccccc2)c2ccccc2)COC1(C)C. The van der Waals surface area contributed by atoms with Gasteiger partial charge in [0.25, 0.3) is 0 Å². The van der Waals surface area contributed by atoms with Crippen LogP contribution in [-0.2, 0) is 9.47 Å². The number of carbonyl (C=O) groups excluding carboxylic acids is 1. The molecule has 0 saturated carbocycles. The molecule has 4 nitrogen and oxygen atoms in total. The molecule has 1 saturated heterocycles. The van der Waals surface area contributed by atoms with E-state index in [4.69, 9.17) is 9.47 Å². The highest BCUT2D eigenvalue weighted by Gasteiger charge is 2.45. The van der Waals surface area contributed by atoms with Crippen molar-refractivity contribution in [3.05, 3.63) is 60.7 Å². The molecule has 1 fully saturated rings. The minimum Gasteiger partial charge on any atom is -0.444 e. The Morgan fingerprint density at radius 2 is 1.59 bits per heavy atom. The van der Waals surface area contributed by atoms with E-state index in [2.05, 4.69) is 60.7 Å². The maximum atomic E-state index is 12.9. The van der Waals surface area contributed by atoms with Crippen molar-refractivity contribution in [1.29, 1.82) is 0 Å². The number of amides is 1. The van der Waals surface area contributed by atoms with Crippen LogP contribution in [0.2, 0.25) is 0 Å². The molecule has 1 aliphatic heterocycles. The van der Waals surface area contributed by atoms with Gasteiger partial charge in [-0.2, -0.15) is 0 Å². The number of benzene rings is 2. The van der Waals surface area contributed by atoms with E-state index >= 15 is 0 Å². The summed E-state index contributed by atoms with van der Waals surface area (Å²) in [6.07, 6.45) is 1.57. The molecular weight excluding hydrogens is 381 g/mol. The summed E-state index contributed by atoms with van der Waals surface area (Å²) in [6.45, 7) is 10.1. The smallest absolute Gasteiger partial charge is 0.412 e. The Morgan fingerprint density at radius 1 is 1.07 bits per heavy atom. The average Bonchev–Trinajstić information content (AvgIpc) is 2.97. The third kappa shape index (κ3) is 5.58. The van der Waals surface area contributed by atoms with Crippen molar-refractivity contribution in [1.82, 2.24) is 4.90 Å².